The fourth-order valence-electron chi connectivity index (χ4n) is 1.33. The van der Waals surface area contributed by atoms with Crippen LogP contribution in [0.25, 0.3) is 0 Å². The van der Waals surface area contributed by atoms with E-state index in [-0.39, 0.29) is 6.07 Å². The lowest BCUT2D eigenvalue weighted by molar-refractivity contribution is -0.143. The average Bonchev–Trinajstić information content (AvgIpc) is 2.24. The molecule has 0 fully saturated rings. The fourth-order valence-corrected chi connectivity index (χ4v) is 1.62. The van der Waals surface area contributed by atoms with Crippen molar-refractivity contribution in [3.63, 3.8) is 0 Å². The van der Waals surface area contributed by atoms with Crippen LogP contribution < -0.4 is 0 Å². The number of nitriles is 1. The van der Waals surface area contributed by atoms with E-state index in [0.717, 1.165) is 0 Å². The topological polar surface area (TPSA) is 23.8 Å². The average molecular weight is 288 g/mol. The summed E-state index contributed by atoms with van der Waals surface area (Å²) in [5, 5.41) is 8.59. The van der Waals surface area contributed by atoms with Crippen LogP contribution in [-0.2, 0) is 18.2 Å². The summed E-state index contributed by atoms with van der Waals surface area (Å²) in [6.45, 7) is 0. The van der Waals surface area contributed by atoms with Gasteiger partial charge >= 0.3 is 12.4 Å². The Balaban J connectivity index is 3.63. The lowest BCUT2D eigenvalue weighted by Crippen LogP contribution is -2.14. The maximum absolute atomic E-state index is 12.6. The second-order valence-electron chi connectivity index (χ2n) is 3.29. The molecule has 0 heterocycles. The first kappa shape index (κ1) is 14.6. The molecule has 0 bridgehead atoms. The van der Waals surface area contributed by atoms with Crippen molar-refractivity contribution in [3.8, 4) is 6.07 Å². The monoisotopic (exact) mass is 287 g/mol. The third kappa shape index (κ3) is 2.88. The van der Waals surface area contributed by atoms with E-state index in [4.69, 9.17) is 16.9 Å². The Morgan fingerprint density at radius 2 is 1.61 bits per heavy atom. The van der Waals surface area contributed by atoms with Crippen molar-refractivity contribution in [3.05, 3.63) is 34.4 Å². The smallest absolute Gasteiger partial charge is 0.192 e. The number of benzene rings is 1. The SMILES string of the molecule is N#Cc1cc(C(F)(F)F)cc(C(F)(F)F)c1CCl. The molecule has 0 spiro atoms. The highest BCUT2D eigenvalue weighted by atomic mass is 35.5. The maximum atomic E-state index is 12.6. The number of hydrogen-bond donors (Lipinski definition) is 0. The lowest BCUT2D eigenvalue weighted by Gasteiger charge is -2.16. The molecule has 1 nitrogen and oxygen atoms in total. The maximum Gasteiger partial charge on any atom is 0.416 e. The van der Waals surface area contributed by atoms with Gasteiger partial charge in [-0.1, -0.05) is 0 Å². The minimum absolute atomic E-state index is 0.0431. The van der Waals surface area contributed by atoms with Crippen molar-refractivity contribution in [1.29, 1.82) is 5.26 Å². The Hall–Kier alpha value is -1.42. The molecular weight excluding hydrogens is 284 g/mol. The van der Waals surface area contributed by atoms with Gasteiger partial charge in [-0.25, -0.2) is 0 Å². The molecule has 18 heavy (non-hydrogen) atoms. The van der Waals surface area contributed by atoms with Gasteiger partial charge in [0.2, 0.25) is 0 Å². The van der Waals surface area contributed by atoms with Crippen molar-refractivity contribution in [2.75, 3.05) is 0 Å². The molecule has 0 radical (unpaired) electrons. The highest BCUT2D eigenvalue weighted by Gasteiger charge is 2.39. The van der Waals surface area contributed by atoms with Crippen molar-refractivity contribution in [2.45, 2.75) is 18.2 Å². The van der Waals surface area contributed by atoms with E-state index >= 15 is 0 Å². The quantitative estimate of drug-likeness (QED) is 0.557. The van der Waals surface area contributed by atoms with Crippen LogP contribution >= 0.6 is 11.6 Å². The van der Waals surface area contributed by atoms with E-state index in [0.29, 0.717) is 6.07 Å². The largest absolute Gasteiger partial charge is 0.416 e. The Morgan fingerprint density at radius 3 is 1.94 bits per heavy atom. The van der Waals surface area contributed by atoms with Gasteiger partial charge in [-0.2, -0.15) is 31.6 Å². The standard InChI is InChI=1S/C10H4ClF6N/c11-3-7-5(4-18)1-6(9(12,13)14)2-8(7)10(15,16)17/h1-2H,3H2. The summed E-state index contributed by atoms with van der Waals surface area (Å²) < 4.78 is 74.9. The summed E-state index contributed by atoms with van der Waals surface area (Å²) in [4.78, 5) is 0. The number of rotatable bonds is 1. The summed E-state index contributed by atoms with van der Waals surface area (Å²) in [6, 6.07) is 1.60. The summed E-state index contributed by atoms with van der Waals surface area (Å²) >= 11 is 5.26. The van der Waals surface area contributed by atoms with Crippen molar-refractivity contribution in [1.82, 2.24) is 0 Å². The molecule has 1 aromatic rings. The molecule has 0 amide bonds. The van der Waals surface area contributed by atoms with E-state index in [2.05, 4.69) is 0 Å². The zero-order chi connectivity index (χ0) is 14.1. The normalized spacial score (nSPS) is 12.3. The van der Waals surface area contributed by atoms with Crippen LogP contribution in [0.1, 0.15) is 22.3 Å². The molecule has 0 aromatic heterocycles. The van der Waals surface area contributed by atoms with Gasteiger partial charge in [-0.3, -0.25) is 0 Å². The minimum Gasteiger partial charge on any atom is -0.192 e. The zero-order valence-corrected chi connectivity index (χ0v) is 9.21. The highest BCUT2D eigenvalue weighted by molar-refractivity contribution is 6.17. The Bertz CT molecular complexity index is 497. The molecule has 8 heteroatoms. The van der Waals surface area contributed by atoms with Crippen LogP contribution in [-0.4, -0.2) is 0 Å². The summed E-state index contributed by atoms with van der Waals surface area (Å²) in [7, 11) is 0. The highest BCUT2D eigenvalue weighted by Crippen LogP contribution is 2.39. The number of nitrogens with zero attached hydrogens (tertiary/aromatic N) is 1. The van der Waals surface area contributed by atoms with E-state index in [1.54, 1.807) is 0 Å². The van der Waals surface area contributed by atoms with E-state index in [9.17, 15) is 26.3 Å². The molecule has 1 rings (SSSR count). The molecular formula is C10H4ClF6N. The molecule has 0 aliphatic rings. The minimum atomic E-state index is -5.00. The fraction of sp³-hybridized carbons (Fsp3) is 0.300. The molecule has 0 unspecified atom stereocenters. The second-order valence-corrected chi connectivity index (χ2v) is 3.56. The van der Waals surface area contributed by atoms with Crippen LogP contribution in [0, 0.1) is 11.3 Å². The van der Waals surface area contributed by atoms with Crippen LogP contribution in [0.15, 0.2) is 12.1 Å². The molecule has 0 atom stereocenters. The lowest BCUT2D eigenvalue weighted by atomic mass is 9.98. The number of halogens is 7. The third-order valence-corrected chi connectivity index (χ3v) is 2.40. The molecule has 0 aliphatic carbocycles. The molecule has 0 N–H and O–H groups in total. The first-order valence-electron chi connectivity index (χ1n) is 4.38. The van der Waals surface area contributed by atoms with Crippen molar-refractivity contribution in [2.24, 2.45) is 0 Å². The Morgan fingerprint density at radius 1 is 1.06 bits per heavy atom. The molecule has 0 saturated heterocycles. The first-order chi connectivity index (χ1) is 8.11. The molecule has 0 aliphatic heterocycles. The van der Waals surface area contributed by atoms with Gasteiger partial charge < -0.3 is 0 Å². The van der Waals surface area contributed by atoms with Gasteiger partial charge in [-0.15, -0.1) is 11.6 Å². The van der Waals surface area contributed by atoms with Crippen LogP contribution in [0.4, 0.5) is 26.3 Å². The summed E-state index contributed by atoms with van der Waals surface area (Å²) in [6.07, 6.45) is -9.96. The van der Waals surface area contributed by atoms with Gasteiger partial charge in [0.25, 0.3) is 0 Å². The van der Waals surface area contributed by atoms with Crippen molar-refractivity contribution < 1.29 is 26.3 Å². The van der Waals surface area contributed by atoms with E-state index in [1.165, 1.54) is 6.07 Å². The number of alkyl halides is 7. The van der Waals surface area contributed by atoms with Gasteiger partial charge in [0.05, 0.1) is 22.8 Å². The van der Waals surface area contributed by atoms with E-state index < -0.39 is 40.5 Å². The summed E-state index contributed by atoms with van der Waals surface area (Å²) in [5.41, 5.74) is -4.45. The van der Waals surface area contributed by atoms with Crippen molar-refractivity contribution >= 4 is 11.6 Å². The molecule has 0 saturated carbocycles. The van der Waals surface area contributed by atoms with Crippen LogP contribution in [0.5, 0.6) is 0 Å². The van der Waals surface area contributed by atoms with Crippen LogP contribution in [0.3, 0.4) is 0 Å². The van der Waals surface area contributed by atoms with Crippen LogP contribution in [0.2, 0.25) is 0 Å². The zero-order valence-electron chi connectivity index (χ0n) is 8.45. The number of hydrogen-bond acceptors (Lipinski definition) is 1. The second kappa shape index (κ2) is 4.69. The summed E-state index contributed by atoms with van der Waals surface area (Å²) in [5.74, 6) is -0.699. The molecule has 1 aromatic carbocycles. The van der Waals surface area contributed by atoms with E-state index in [1.807, 2.05) is 0 Å². The Labute approximate surface area is 103 Å². The van der Waals surface area contributed by atoms with Gasteiger partial charge in [0, 0.05) is 5.88 Å². The third-order valence-electron chi connectivity index (χ3n) is 2.14. The van der Waals surface area contributed by atoms with Gasteiger partial charge in [0.15, 0.2) is 0 Å². The predicted molar refractivity (Wildman–Crippen MR) is 50.7 cm³/mol. The Kier molecular flexibility index (Phi) is 3.81. The van der Waals surface area contributed by atoms with Gasteiger partial charge in [-0.05, 0) is 17.7 Å². The van der Waals surface area contributed by atoms with Gasteiger partial charge in [0.1, 0.15) is 0 Å². The predicted octanol–water partition coefficient (Wildman–Crippen LogP) is 4.33. The first-order valence-corrected chi connectivity index (χ1v) is 4.92. The molecule has 98 valence electrons.